The van der Waals surface area contributed by atoms with Crippen LogP contribution in [-0.4, -0.2) is 42.0 Å². The van der Waals surface area contributed by atoms with Crippen LogP contribution in [0.5, 0.6) is 11.5 Å². The molecule has 23 heavy (non-hydrogen) atoms. The van der Waals surface area contributed by atoms with Crippen LogP contribution in [0.15, 0.2) is 28.0 Å². The van der Waals surface area contributed by atoms with Gasteiger partial charge in [0.2, 0.25) is 5.91 Å². The Morgan fingerprint density at radius 3 is 2.65 bits per heavy atom. The molecule has 1 heterocycles. The number of hydrogen-bond donors (Lipinski definition) is 2. The quantitative estimate of drug-likeness (QED) is 0.592. The van der Waals surface area contributed by atoms with Crippen molar-refractivity contribution in [3.63, 3.8) is 0 Å². The third-order valence-electron chi connectivity index (χ3n) is 2.63. The molecule has 10 heteroatoms. The van der Waals surface area contributed by atoms with Crippen LogP contribution in [0.3, 0.4) is 0 Å². The minimum absolute atomic E-state index is 0.126. The summed E-state index contributed by atoms with van der Waals surface area (Å²) in [7, 11) is 2.99. The van der Waals surface area contributed by atoms with E-state index in [0.717, 1.165) is 0 Å². The molecule has 8 nitrogen and oxygen atoms in total. The van der Waals surface area contributed by atoms with Crippen molar-refractivity contribution in [3.8, 4) is 11.5 Å². The second kappa shape index (κ2) is 8.34. The van der Waals surface area contributed by atoms with Gasteiger partial charge in [0.15, 0.2) is 15.8 Å². The van der Waals surface area contributed by atoms with Gasteiger partial charge < -0.3 is 9.47 Å². The molecule has 2 N–H and O–H groups in total. The van der Waals surface area contributed by atoms with Crippen LogP contribution < -0.4 is 20.3 Å². The van der Waals surface area contributed by atoms with E-state index in [9.17, 15) is 9.59 Å². The first-order chi connectivity index (χ1) is 11.1. The number of nitrogens with zero attached hydrogens (tertiary/aromatic N) is 2. The lowest BCUT2D eigenvalue weighted by molar-refractivity contribution is -0.119. The van der Waals surface area contributed by atoms with Crippen molar-refractivity contribution >= 4 is 34.9 Å². The van der Waals surface area contributed by atoms with Crippen LogP contribution in [0.1, 0.15) is 10.4 Å². The molecular weight excluding hydrogens is 340 g/mol. The number of nitrogens with one attached hydrogen (secondary N) is 2. The molecule has 2 rings (SSSR count). The molecule has 0 fully saturated rings. The first kappa shape index (κ1) is 17.0. The summed E-state index contributed by atoms with van der Waals surface area (Å²) in [5, 5.41) is 7.47. The number of rotatable bonds is 6. The maximum Gasteiger partial charge on any atom is 0.269 e. The number of ether oxygens (including phenoxy) is 2. The molecule has 0 unspecified atom stereocenters. The largest absolute Gasteiger partial charge is 0.493 e. The number of benzene rings is 1. The number of carbonyl (C=O) groups excluding carboxylic acids is 2. The zero-order valence-electron chi connectivity index (χ0n) is 12.4. The Morgan fingerprint density at radius 2 is 2.00 bits per heavy atom. The summed E-state index contributed by atoms with van der Waals surface area (Å²) < 4.78 is 10.9. The molecule has 0 saturated heterocycles. The summed E-state index contributed by atoms with van der Waals surface area (Å²) in [6.45, 7) is 0. The maximum absolute atomic E-state index is 12.0. The molecule has 0 radical (unpaired) electrons. The smallest absolute Gasteiger partial charge is 0.269 e. The third kappa shape index (κ3) is 4.83. The lowest BCUT2D eigenvalue weighted by Gasteiger charge is -2.10. The van der Waals surface area contributed by atoms with Crippen LogP contribution in [0.25, 0.3) is 0 Å². The van der Waals surface area contributed by atoms with Crippen molar-refractivity contribution in [1.29, 1.82) is 0 Å². The zero-order valence-corrected chi connectivity index (χ0v) is 14.0. The highest BCUT2D eigenvalue weighted by atomic mass is 32.2. The van der Waals surface area contributed by atoms with Gasteiger partial charge in [0.1, 0.15) is 5.51 Å². The summed E-state index contributed by atoms with van der Waals surface area (Å²) >= 11 is 2.58. The van der Waals surface area contributed by atoms with E-state index >= 15 is 0 Å². The number of hydrazine groups is 1. The molecule has 0 bridgehead atoms. The van der Waals surface area contributed by atoms with Crippen molar-refractivity contribution in [2.75, 3.05) is 20.0 Å². The molecule has 0 aliphatic heterocycles. The topological polar surface area (TPSA) is 102 Å². The fraction of sp³-hybridized carbons (Fsp3) is 0.231. The molecule has 0 aliphatic carbocycles. The van der Waals surface area contributed by atoms with E-state index in [4.69, 9.17) is 9.47 Å². The first-order valence-corrected chi connectivity index (χ1v) is 8.20. The molecule has 1 aromatic heterocycles. The minimum atomic E-state index is -0.458. The summed E-state index contributed by atoms with van der Waals surface area (Å²) in [4.78, 5) is 23.7. The van der Waals surface area contributed by atoms with E-state index in [1.807, 2.05) is 0 Å². The summed E-state index contributed by atoms with van der Waals surface area (Å²) in [5.74, 6) is 0.264. The number of amides is 2. The van der Waals surface area contributed by atoms with Gasteiger partial charge in [0.05, 0.1) is 20.0 Å². The van der Waals surface area contributed by atoms with Gasteiger partial charge in [-0.2, -0.15) is 0 Å². The van der Waals surface area contributed by atoms with Crippen molar-refractivity contribution < 1.29 is 19.1 Å². The maximum atomic E-state index is 12.0. The van der Waals surface area contributed by atoms with Gasteiger partial charge >= 0.3 is 0 Å². The Morgan fingerprint density at radius 1 is 1.22 bits per heavy atom. The van der Waals surface area contributed by atoms with E-state index in [1.54, 1.807) is 17.6 Å². The molecule has 2 amide bonds. The highest BCUT2D eigenvalue weighted by Crippen LogP contribution is 2.27. The number of aromatic nitrogens is 2. The van der Waals surface area contributed by atoms with E-state index in [0.29, 0.717) is 21.4 Å². The third-order valence-corrected chi connectivity index (χ3v) is 4.49. The number of methoxy groups -OCH3 is 2. The van der Waals surface area contributed by atoms with Crippen LogP contribution in [0.4, 0.5) is 0 Å². The fourth-order valence-corrected chi connectivity index (χ4v) is 2.85. The van der Waals surface area contributed by atoms with Crippen molar-refractivity contribution in [2.24, 2.45) is 0 Å². The molecule has 2 aromatic rings. The second-order valence-corrected chi connectivity index (χ2v) is 6.12. The molecule has 0 saturated carbocycles. The minimum Gasteiger partial charge on any atom is -0.493 e. The van der Waals surface area contributed by atoms with E-state index in [1.165, 1.54) is 43.4 Å². The lowest BCUT2D eigenvalue weighted by atomic mass is 10.2. The molecule has 1 aromatic carbocycles. The van der Waals surface area contributed by atoms with Gasteiger partial charge in [-0.1, -0.05) is 23.1 Å². The second-order valence-electron chi connectivity index (χ2n) is 4.07. The highest BCUT2D eigenvalue weighted by molar-refractivity contribution is 8.01. The number of carbonyl (C=O) groups is 2. The number of thioether (sulfide) groups is 1. The van der Waals surface area contributed by atoms with Crippen LogP contribution >= 0.6 is 23.1 Å². The van der Waals surface area contributed by atoms with E-state index in [2.05, 4.69) is 21.0 Å². The Hall–Kier alpha value is -2.33. The van der Waals surface area contributed by atoms with Gasteiger partial charge in [0, 0.05) is 5.56 Å². The molecule has 0 aliphatic rings. The Labute approximate surface area is 140 Å². The standard InChI is InChI=1S/C13H14N4O4S2/c1-20-9-4-3-8(5-10(9)21-2)12(19)16-15-11(18)6-22-13-17-14-7-23-13/h3-5,7H,6H2,1-2H3,(H,15,18)(H,16,19). The van der Waals surface area contributed by atoms with E-state index < -0.39 is 5.91 Å². The average Bonchev–Trinajstić information content (AvgIpc) is 3.10. The van der Waals surface area contributed by atoms with Crippen molar-refractivity contribution in [1.82, 2.24) is 21.0 Å². The van der Waals surface area contributed by atoms with Gasteiger partial charge in [-0.3, -0.25) is 20.4 Å². The SMILES string of the molecule is COc1ccc(C(=O)NNC(=O)CSc2nncs2)cc1OC. The Bertz CT molecular complexity index is 679. The molecule has 0 spiro atoms. The zero-order chi connectivity index (χ0) is 16.7. The summed E-state index contributed by atoms with van der Waals surface area (Å²) in [5.41, 5.74) is 6.59. The highest BCUT2D eigenvalue weighted by Gasteiger charge is 2.12. The monoisotopic (exact) mass is 354 g/mol. The van der Waals surface area contributed by atoms with Crippen molar-refractivity contribution in [3.05, 3.63) is 29.3 Å². The van der Waals surface area contributed by atoms with Gasteiger partial charge in [-0.15, -0.1) is 10.2 Å². The summed E-state index contributed by atoms with van der Waals surface area (Å²) in [6.07, 6.45) is 0. The van der Waals surface area contributed by atoms with Crippen molar-refractivity contribution in [2.45, 2.75) is 4.34 Å². The fourth-order valence-electron chi connectivity index (χ4n) is 1.57. The molecule has 0 atom stereocenters. The lowest BCUT2D eigenvalue weighted by Crippen LogP contribution is -2.42. The van der Waals surface area contributed by atoms with Gasteiger partial charge in [-0.05, 0) is 18.2 Å². The average molecular weight is 354 g/mol. The molecular formula is C13H14N4O4S2. The van der Waals surface area contributed by atoms with Gasteiger partial charge in [0.25, 0.3) is 5.91 Å². The normalized spacial score (nSPS) is 10.0. The molecule has 122 valence electrons. The Kier molecular flexibility index (Phi) is 6.18. The van der Waals surface area contributed by atoms with Crippen LogP contribution in [0, 0.1) is 0 Å². The van der Waals surface area contributed by atoms with Crippen LogP contribution in [0.2, 0.25) is 0 Å². The van der Waals surface area contributed by atoms with Gasteiger partial charge in [-0.25, -0.2) is 0 Å². The Balaban J connectivity index is 1.85. The van der Waals surface area contributed by atoms with Crippen LogP contribution in [-0.2, 0) is 4.79 Å². The predicted octanol–water partition coefficient (Wildman–Crippen LogP) is 1.11. The first-order valence-electron chi connectivity index (χ1n) is 6.34. The number of hydrogen-bond acceptors (Lipinski definition) is 8. The summed E-state index contributed by atoms with van der Waals surface area (Å²) in [6, 6.07) is 4.70. The van der Waals surface area contributed by atoms with E-state index in [-0.39, 0.29) is 11.7 Å². The predicted molar refractivity (Wildman–Crippen MR) is 85.8 cm³/mol.